The Bertz CT molecular complexity index is 544. The van der Waals surface area contributed by atoms with Crippen LogP contribution in [0.5, 0.6) is 5.75 Å². The fourth-order valence-corrected chi connectivity index (χ4v) is 1.68. The fourth-order valence-electron chi connectivity index (χ4n) is 1.68. The van der Waals surface area contributed by atoms with Gasteiger partial charge in [-0.25, -0.2) is 4.39 Å². The summed E-state index contributed by atoms with van der Waals surface area (Å²) in [6, 6.07) is 4.69. The summed E-state index contributed by atoms with van der Waals surface area (Å²) in [7, 11) is 3.26. The lowest BCUT2D eigenvalue weighted by Gasteiger charge is -2.07. The molecule has 90 valence electrons. The molecule has 0 amide bonds. The molecular formula is C12H14FN3O. The molecule has 0 atom stereocenters. The first kappa shape index (κ1) is 11.4. The van der Waals surface area contributed by atoms with Crippen LogP contribution in [0.25, 0.3) is 11.3 Å². The van der Waals surface area contributed by atoms with Gasteiger partial charge in [-0.15, -0.1) is 0 Å². The quantitative estimate of drug-likeness (QED) is 0.867. The molecule has 2 aromatic rings. The topological polar surface area (TPSA) is 53.1 Å². The van der Waals surface area contributed by atoms with Crippen LogP contribution in [0.3, 0.4) is 0 Å². The van der Waals surface area contributed by atoms with Crippen molar-refractivity contribution < 1.29 is 9.13 Å². The van der Waals surface area contributed by atoms with Crippen molar-refractivity contribution in [3.8, 4) is 17.0 Å². The number of aromatic nitrogens is 2. The first-order valence-electron chi connectivity index (χ1n) is 5.17. The van der Waals surface area contributed by atoms with Gasteiger partial charge in [0.2, 0.25) is 0 Å². The predicted octanol–water partition coefficient (Wildman–Crippen LogP) is 2.13. The van der Waals surface area contributed by atoms with Gasteiger partial charge in [0.25, 0.3) is 0 Å². The highest BCUT2D eigenvalue weighted by Crippen LogP contribution is 2.29. The molecule has 0 aliphatic heterocycles. The molecule has 0 aliphatic carbocycles. The minimum Gasteiger partial charge on any atom is -0.496 e. The third-order valence-corrected chi connectivity index (χ3v) is 2.68. The number of methoxy groups -OCH3 is 1. The van der Waals surface area contributed by atoms with Gasteiger partial charge < -0.3 is 10.5 Å². The first-order valence-corrected chi connectivity index (χ1v) is 5.17. The maximum Gasteiger partial charge on any atom is 0.133 e. The average molecular weight is 235 g/mol. The van der Waals surface area contributed by atoms with E-state index in [1.807, 2.05) is 0 Å². The van der Waals surface area contributed by atoms with Gasteiger partial charge in [0.05, 0.1) is 12.8 Å². The molecule has 1 aromatic carbocycles. The van der Waals surface area contributed by atoms with Crippen LogP contribution < -0.4 is 10.5 Å². The molecule has 0 aliphatic rings. The molecule has 2 N–H and O–H groups in total. The van der Waals surface area contributed by atoms with Gasteiger partial charge in [0.1, 0.15) is 17.4 Å². The number of benzene rings is 1. The van der Waals surface area contributed by atoms with Crippen molar-refractivity contribution in [1.29, 1.82) is 0 Å². The molecule has 1 aromatic heterocycles. The zero-order chi connectivity index (χ0) is 12.6. The summed E-state index contributed by atoms with van der Waals surface area (Å²) >= 11 is 0. The van der Waals surface area contributed by atoms with E-state index in [4.69, 9.17) is 10.5 Å². The molecular weight excluding hydrogens is 221 g/mol. The Labute approximate surface area is 98.8 Å². The number of anilines is 1. The molecule has 5 heteroatoms. The molecule has 4 nitrogen and oxygen atoms in total. The fraction of sp³-hybridized carbons (Fsp3) is 0.250. The summed E-state index contributed by atoms with van der Waals surface area (Å²) in [6.07, 6.45) is 0. The molecule has 17 heavy (non-hydrogen) atoms. The Morgan fingerprint density at radius 3 is 2.59 bits per heavy atom. The number of hydrogen-bond donors (Lipinski definition) is 1. The summed E-state index contributed by atoms with van der Waals surface area (Å²) in [5.74, 6) is 0.783. The molecule has 0 saturated carbocycles. The summed E-state index contributed by atoms with van der Waals surface area (Å²) in [4.78, 5) is 0. The Hall–Kier alpha value is -2.04. The number of aryl methyl sites for hydroxylation is 2. The van der Waals surface area contributed by atoms with E-state index in [0.717, 1.165) is 5.56 Å². The highest BCUT2D eigenvalue weighted by molar-refractivity contribution is 5.65. The zero-order valence-electron chi connectivity index (χ0n) is 9.99. The summed E-state index contributed by atoms with van der Waals surface area (Å²) in [5, 5.41) is 4.14. The van der Waals surface area contributed by atoms with Gasteiger partial charge in [0, 0.05) is 18.7 Å². The second-order valence-electron chi connectivity index (χ2n) is 3.88. The highest BCUT2D eigenvalue weighted by atomic mass is 19.1. The van der Waals surface area contributed by atoms with Crippen LogP contribution in [0.15, 0.2) is 18.2 Å². The van der Waals surface area contributed by atoms with Crippen molar-refractivity contribution in [2.45, 2.75) is 6.92 Å². The van der Waals surface area contributed by atoms with Gasteiger partial charge in [-0.2, -0.15) is 5.10 Å². The van der Waals surface area contributed by atoms with Crippen LogP contribution in [0.4, 0.5) is 10.2 Å². The summed E-state index contributed by atoms with van der Waals surface area (Å²) in [6.45, 7) is 1.79. The molecule has 0 radical (unpaired) electrons. The third kappa shape index (κ3) is 1.95. The number of nitrogens with zero attached hydrogens (tertiary/aromatic N) is 2. The average Bonchev–Trinajstić information content (AvgIpc) is 2.59. The predicted molar refractivity (Wildman–Crippen MR) is 64.3 cm³/mol. The Morgan fingerprint density at radius 2 is 2.06 bits per heavy atom. The highest BCUT2D eigenvalue weighted by Gasteiger charge is 2.13. The Kier molecular flexibility index (Phi) is 2.75. The number of rotatable bonds is 2. The lowest BCUT2D eigenvalue weighted by Crippen LogP contribution is -1.97. The van der Waals surface area contributed by atoms with Crippen LogP contribution in [0.2, 0.25) is 0 Å². The maximum absolute atomic E-state index is 13.8. The second-order valence-corrected chi connectivity index (χ2v) is 3.88. The number of nitrogen functional groups attached to an aromatic ring is 1. The van der Waals surface area contributed by atoms with Crippen molar-refractivity contribution in [3.05, 3.63) is 29.6 Å². The minimum atomic E-state index is -0.332. The number of hydrogen-bond acceptors (Lipinski definition) is 3. The normalized spacial score (nSPS) is 10.6. The van der Waals surface area contributed by atoms with Crippen molar-refractivity contribution in [3.63, 3.8) is 0 Å². The van der Waals surface area contributed by atoms with Gasteiger partial charge in [0.15, 0.2) is 0 Å². The number of nitrogens with two attached hydrogens (primary N) is 1. The monoisotopic (exact) mass is 235 g/mol. The van der Waals surface area contributed by atoms with E-state index in [-0.39, 0.29) is 5.82 Å². The number of ether oxygens (including phenoxy) is 1. The lowest BCUT2D eigenvalue weighted by atomic mass is 10.1. The standard InChI is InChI=1S/C12H14FN3O/c1-7-4-9(13)8(5-11(7)17-3)10-6-12(14)16(2)15-10/h4-6H,14H2,1-3H3. The number of halogens is 1. The summed E-state index contributed by atoms with van der Waals surface area (Å²) < 4.78 is 20.5. The van der Waals surface area contributed by atoms with Crippen molar-refractivity contribution in [2.24, 2.45) is 7.05 Å². The van der Waals surface area contributed by atoms with Crippen LogP contribution >= 0.6 is 0 Å². The van der Waals surface area contributed by atoms with Crippen molar-refractivity contribution >= 4 is 5.82 Å². The van der Waals surface area contributed by atoms with Crippen molar-refractivity contribution in [2.75, 3.05) is 12.8 Å². The van der Waals surface area contributed by atoms with Crippen LogP contribution in [-0.4, -0.2) is 16.9 Å². The Morgan fingerprint density at radius 1 is 1.35 bits per heavy atom. The van der Waals surface area contributed by atoms with Gasteiger partial charge in [-0.1, -0.05) is 0 Å². The molecule has 0 spiro atoms. The summed E-state index contributed by atoms with van der Waals surface area (Å²) in [5.41, 5.74) is 7.31. The molecule has 0 saturated heterocycles. The van der Waals surface area contributed by atoms with E-state index in [2.05, 4.69) is 5.10 Å². The smallest absolute Gasteiger partial charge is 0.133 e. The Balaban J connectivity index is 2.58. The second kappa shape index (κ2) is 4.08. The van der Waals surface area contributed by atoms with Gasteiger partial charge in [-0.05, 0) is 24.6 Å². The van der Waals surface area contributed by atoms with E-state index >= 15 is 0 Å². The van der Waals surface area contributed by atoms with Crippen LogP contribution in [0.1, 0.15) is 5.56 Å². The molecule has 1 heterocycles. The van der Waals surface area contributed by atoms with E-state index in [1.165, 1.54) is 10.7 Å². The van der Waals surface area contributed by atoms with E-state index in [0.29, 0.717) is 22.8 Å². The van der Waals surface area contributed by atoms with E-state index in [1.54, 1.807) is 33.2 Å². The molecule has 0 bridgehead atoms. The molecule has 0 unspecified atom stereocenters. The van der Waals surface area contributed by atoms with Crippen LogP contribution in [-0.2, 0) is 7.05 Å². The van der Waals surface area contributed by atoms with E-state index < -0.39 is 0 Å². The lowest BCUT2D eigenvalue weighted by molar-refractivity contribution is 0.410. The van der Waals surface area contributed by atoms with Gasteiger partial charge in [-0.3, -0.25) is 4.68 Å². The third-order valence-electron chi connectivity index (χ3n) is 2.68. The molecule has 2 rings (SSSR count). The van der Waals surface area contributed by atoms with Crippen LogP contribution in [0, 0.1) is 12.7 Å². The molecule has 0 fully saturated rings. The van der Waals surface area contributed by atoms with Gasteiger partial charge >= 0.3 is 0 Å². The minimum absolute atomic E-state index is 0.332. The van der Waals surface area contributed by atoms with Crippen molar-refractivity contribution in [1.82, 2.24) is 9.78 Å². The SMILES string of the molecule is COc1cc(-c2cc(N)n(C)n2)c(F)cc1C. The maximum atomic E-state index is 13.8. The largest absolute Gasteiger partial charge is 0.496 e. The van der Waals surface area contributed by atoms with E-state index in [9.17, 15) is 4.39 Å². The first-order chi connectivity index (χ1) is 8.02. The zero-order valence-corrected chi connectivity index (χ0v) is 9.99.